The van der Waals surface area contributed by atoms with Crippen molar-refractivity contribution in [1.29, 1.82) is 0 Å². The number of thiazole rings is 1. The number of nitrogens with one attached hydrogen (secondary N) is 1. The number of H-pyrrole nitrogens is 1. The van der Waals surface area contributed by atoms with Crippen molar-refractivity contribution in [3.8, 4) is 10.7 Å². The second kappa shape index (κ2) is 5.57. The fourth-order valence-electron chi connectivity index (χ4n) is 2.42. The highest BCUT2D eigenvalue weighted by atomic mass is 32.1. The van der Waals surface area contributed by atoms with E-state index >= 15 is 0 Å². The fraction of sp³-hybridized carbons (Fsp3) is 0.294. The van der Waals surface area contributed by atoms with Gasteiger partial charge in [-0.15, -0.1) is 11.3 Å². The summed E-state index contributed by atoms with van der Waals surface area (Å²) in [6.45, 7) is 5.99. The van der Waals surface area contributed by atoms with Crippen LogP contribution in [-0.2, 0) is 14.9 Å². The Morgan fingerprint density at radius 1 is 1.36 bits per heavy atom. The molecule has 0 amide bonds. The number of nitrogens with zero attached hydrogens (tertiary/aromatic N) is 1. The second-order valence-electron chi connectivity index (χ2n) is 5.67. The average Bonchev–Trinajstić information content (AvgIpc) is 3.15. The van der Waals surface area contributed by atoms with E-state index in [1.165, 1.54) is 0 Å². The van der Waals surface area contributed by atoms with Crippen LogP contribution in [-0.4, -0.2) is 22.5 Å². The van der Waals surface area contributed by atoms with E-state index in [0.29, 0.717) is 6.61 Å². The molecule has 2 heterocycles. The Kier molecular flexibility index (Phi) is 3.74. The minimum Gasteiger partial charge on any atom is -0.465 e. The number of aromatic nitrogens is 2. The molecule has 2 aromatic heterocycles. The predicted molar refractivity (Wildman–Crippen MR) is 89.1 cm³/mol. The van der Waals surface area contributed by atoms with Crippen molar-refractivity contribution >= 4 is 28.2 Å². The Hall–Kier alpha value is -2.14. The van der Waals surface area contributed by atoms with Gasteiger partial charge in [0.1, 0.15) is 5.01 Å². The van der Waals surface area contributed by atoms with Crippen LogP contribution in [0.1, 0.15) is 26.3 Å². The zero-order chi connectivity index (χ0) is 15.7. The van der Waals surface area contributed by atoms with Crippen LogP contribution in [0.4, 0.5) is 0 Å². The molecular weight excluding hydrogens is 296 g/mol. The molecule has 4 nitrogen and oxygen atoms in total. The molecular formula is C17H18N2O2S. The molecule has 0 aliphatic carbocycles. The molecule has 114 valence electrons. The minimum absolute atomic E-state index is 0.204. The van der Waals surface area contributed by atoms with Crippen molar-refractivity contribution in [3.63, 3.8) is 0 Å². The molecule has 0 bridgehead atoms. The number of fused-ring (bicyclic) bond motifs is 1. The van der Waals surface area contributed by atoms with Crippen LogP contribution in [0.5, 0.6) is 0 Å². The quantitative estimate of drug-likeness (QED) is 0.737. The van der Waals surface area contributed by atoms with Crippen LogP contribution in [0, 0.1) is 0 Å². The lowest BCUT2D eigenvalue weighted by molar-refractivity contribution is -0.148. The van der Waals surface area contributed by atoms with Crippen LogP contribution in [0.25, 0.3) is 21.6 Å². The predicted octanol–water partition coefficient (Wildman–Crippen LogP) is 4.13. The van der Waals surface area contributed by atoms with E-state index in [0.717, 1.165) is 27.2 Å². The molecule has 3 aromatic rings. The topological polar surface area (TPSA) is 55.0 Å². The standard InChI is InChI=1S/C17H18N2O2S/c1-4-21-16(20)17(2,3)12-5-6-13-11(9-12)10-14(19-13)15-18-7-8-22-15/h5-10,19H,4H2,1-3H3. The van der Waals surface area contributed by atoms with Gasteiger partial charge in [-0.3, -0.25) is 4.79 Å². The molecule has 0 aliphatic heterocycles. The highest BCUT2D eigenvalue weighted by Crippen LogP contribution is 2.31. The lowest BCUT2D eigenvalue weighted by Gasteiger charge is -2.22. The summed E-state index contributed by atoms with van der Waals surface area (Å²) >= 11 is 1.60. The number of rotatable bonds is 4. The summed E-state index contributed by atoms with van der Waals surface area (Å²) in [5.74, 6) is -0.204. The summed E-state index contributed by atoms with van der Waals surface area (Å²) in [5, 5.41) is 3.98. The van der Waals surface area contributed by atoms with Gasteiger partial charge < -0.3 is 9.72 Å². The van der Waals surface area contributed by atoms with Crippen LogP contribution in [0.15, 0.2) is 35.8 Å². The highest BCUT2D eigenvalue weighted by Gasteiger charge is 2.31. The number of hydrogen-bond acceptors (Lipinski definition) is 4. The van der Waals surface area contributed by atoms with Gasteiger partial charge in [0.2, 0.25) is 0 Å². The average molecular weight is 314 g/mol. The second-order valence-corrected chi connectivity index (χ2v) is 6.56. The van der Waals surface area contributed by atoms with Gasteiger partial charge in [0, 0.05) is 22.5 Å². The Balaban J connectivity index is 2.01. The molecule has 0 atom stereocenters. The van der Waals surface area contributed by atoms with Gasteiger partial charge in [0.15, 0.2) is 0 Å². The van der Waals surface area contributed by atoms with E-state index in [9.17, 15) is 4.79 Å². The normalized spacial score (nSPS) is 11.8. The van der Waals surface area contributed by atoms with E-state index in [1.54, 1.807) is 17.5 Å². The van der Waals surface area contributed by atoms with Gasteiger partial charge in [-0.2, -0.15) is 0 Å². The van der Waals surface area contributed by atoms with Crippen molar-refractivity contribution in [2.45, 2.75) is 26.2 Å². The molecule has 3 rings (SSSR count). The summed E-state index contributed by atoms with van der Waals surface area (Å²) in [6, 6.07) is 8.09. The van der Waals surface area contributed by atoms with Crippen LogP contribution in [0.2, 0.25) is 0 Å². The van der Waals surface area contributed by atoms with Gasteiger partial charge in [0.25, 0.3) is 0 Å². The molecule has 0 radical (unpaired) electrons. The van der Waals surface area contributed by atoms with Gasteiger partial charge in [-0.1, -0.05) is 6.07 Å². The number of esters is 1. The van der Waals surface area contributed by atoms with Gasteiger partial charge in [-0.25, -0.2) is 4.98 Å². The summed E-state index contributed by atoms with van der Waals surface area (Å²) < 4.78 is 5.18. The summed E-state index contributed by atoms with van der Waals surface area (Å²) in [6.07, 6.45) is 1.79. The van der Waals surface area contributed by atoms with Crippen molar-refractivity contribution in [3.05, 3.63) is 41.4 Å². The third-order valence-corrected chi connectivity index (χ3v) is 4.60. The van der Waals surface area contributed by atoms with E-state index in [-0.39, 0.29) is 5.97 Å². The first kappa shape index (κ1) is 14.8. The Morgan fingerprint density at radius 3 is 2.86 bits per heavy atom. The maximum Gasteiger partial charge on any atom is 0.315 e. The number of ether oxygens (including phenoxy) is 1. The summed E-state index contributed by atoms with van der Waals surface area (Å²) in [4.78, 5) is 19.8. The SMILES string of the molecule is CCOC(=O)C(C)(C)c1ccc2[nH]c(-c3nccs3)cc2c1. The number of benzene rings is 1. The summed E-state index contributed by atoms with van der Waals surface area (Å²) in [7, 11) is 0. The van der Waals surface area contributed by atoms with Crippen LogP contribution < -0.4 is 0 Å². The molecule has 0 aliphatic rings. The first-order valence-electron chi connectivity index (χ1n) is 7.22. The Bertz CT molecular complexity index is 803. The maximum atomic E-state index is 12.2. The van der Waals surface area contributed by atoms with E-state index < -0.39 is 5.41 Å². The number of aromatic amines is 1. The number of hydrogen-bond donors (Lipinski definition) is 1. The summed E-state index contributed by atoms with van der Waals surface area (Å²) in [5.41, 5.74) is 2.32. The molecule has 0 spiro atoms. The van der Waals surface area contributed by atoms with E-state index in [4.69, 9.17) is 4.74 Å². The van der Waals surface area contributed by atoms with Crippen molar-refractivity contribution in [2.24, 2.45) is 0 Å². The minimum atomic E-state index is -0.664. The molecule has 0 saturated carbocycles. The zero-order valence-corrected chi connectivity index (χ0v) is 13.7. The Morgan fingerprint density at radius 2 is 2.18 bits per heavy atom. The zero-order valence-electron chi connectivity index (χ0n) is 12.8. The van der Waals surface area contributed by atoms with Crippen molar-refractivity contribution in [2.75, 3.05) is 6.61 Å². The third kappa shape index (κ3) is 2.52. The lowest BCUT2D eigenvalue weighted by atomic mass is 9.84. The van der Waals surface area contributed by atoms with Crippen LogP contribution >= 0.6 is 11.3 Å². The molecule has 1 N–H and O–H groups in total. The monoisotopic (exact) mass is 314 g/mol. The molecule has 5 heteroatoms. The first-order chi connectivity index (χ1) is 10.5. The highest BCUT2D eigenvalue weighted by molar-refractivity contribution is 7.13. The van der Waals surface area contributed by atoms with Gasteiger partial charge in [0.05, 0.1) is 17.7 Å². The maximum absolute atomic E-state index is 12.2. The molecule has 0 saturated heterocycles. The van der Waals surface area contributed by atoms with Gasteiger partial charge >= 0.3 is 5.97 Å². The largest absolute Gasteiger partial charge is 0.465 e. The first-order valence-corrected chi connectivity index (χ1v) is 8.10. The number of carbonyl (C=O) groups is 1. The third-order valence-electron chi connectivity index (χ3n) is 3.79. The van der Waals surface area contributed by atoms with E-state index in [2.05, 4.69) is 16.0 Å². The lowest BCUT2D eigenvalue weighted by Crippen LogP contribution is -2.31. The molecule has 22 heavy (non-hydrogen) atoms. The Labute approximate surface area is 133 Å². The fourth-order valence-corrected chi connectivity index (χ4v) is 3.03. The molecule has 0 unspecified atom stereocenters. The van der Waals surface area contributed by atoms with Crippen molar-refractivity contribution < 1.29 is 9.53 Å². The number of carbonyl (C=O) groups excluding carboxylic acids is 1. The van der Waals surface area contributed by atoms with Crippen molar-refractivity contribution in [1.82, 2.24) is 9.97 Å². The van der Waals surface area contributed by atoms with E-state index in [1.807, 2.05) is 44.4 Å². The molecule has 1 aromatic carbocycles. The smallest absolute Gasteiger partial charge is 0.315 e. The molecule has 0 fully saturated rings. The van der Waals surface area contributed by atoms with Gasteiger partial charge in [-0.05, 0) is 44.5 Å². The van der Waals surface area contributed by atoms with Crippen LogP contribution in [0.3, 0.4) is 0 Å².